The zero-order chi connectivity index (χ0) is 12.6. The predicted molar refractivity (Wildman–Crippen MR) is 59.6 cm³/mol. The normalized spacial score (nSPS) is 13.2. The summed E-state index contributed by atoms with van der Waals surface area (Å²) in [6, 6.07) is -0.614. The first-order chi connectivity index (χ1) is 7.47. The second-order valence-electron chi connectivity index (χ2n) is 2.98. The fourth-order valence-corrected chi connectivity index (χ4v) is 1.10. The van der Waals surface area contributed by atoms with Gasteiger partial charge < -0.3 is 11.5 Å². The SMILES string of the molecule is NC(=NCCC[C@H](N)C(=O)CCl)N[N+](=O)[O-]. The van der Waals surface area contributed by atoms with E-state index in [0.717, 1.165) is 0 Å². The lowest BCUT2D eigenvalue weighted by molar-refractivity contribution is -0.525. The van der Waals surface area contributed by atoms with Gasteiger partial charge in [-0.1, -0.05) is 5.43 Å². The first kappa shape index (κ1) is 14.6. The Kier molecular flexibility index (Phi) is 7.14. The van der Waals surface area contributed by atoms with Crippen LogP contribution in [0, 0.1) is 10.1 Å². The second-order valence-corrected chi connectivity index (χ2v) is 3.25. The minimum Gasteiger partial charge on any atom is -0.365 e. The van der Waals surface area contributed by atoms with Crippen molar-refractivity contribution in [3.63, 3.8) is 0 Å². The molecular formula is C7H14ClN5O3. The lowest BCUT2D eigenvalue weighted by atomic mass is 10.1. The summed E-state index contributed by atoms with van der Waals surface area (Å²) in [5.41, 5.74) is 12.3. The molecule has 9 heteroatoms. The van der Waals surface area contributed by atoms with Crippen LogP contribution in [0.2, 0.25) is 0 Å². The molecule has 5 N–H and O–H groups in total. The van der Waals surface area contributed by atoms with E-state index in [1.165, 1.54) is 0 Å². The average Bonchev–Trinajstić information content (AvgIpc) is 2.21. The minimum atomic E-state index is -0.804. The van der Waals surface area contributed by atoms with E-state index in [-0.39, 0.29) is 24.2 Å². The van der Waals surface area contributed by atoms with Crippen LogP contribution < -0.4 is 16.9 Å². The Hall–Kier alpha value is -1.41. The Balaban J connectivity index is 3.74. The summed E-state index contributed by atoms with van der Waals surface area (Å²) in [7, 11) is 0. The first-order valence-electron chi connectivity index (χ1n) is 4.52. The highest BCUT2D eigenvalue weighted by molar-refractivity contribution is 6.28. The molecule has 0 saturated heterocycles. The number of ketones is 1. The average molecular weight is 252 g/mol. The summed E-state index contributed by atoms with van der Waals surface area (Å²) in [5, 5.41) is 9.13. The number of halogens is 1. The number of guanidine groups is 1. The third-order valence-electron chi connectivity index (χ3n) is 1.71. The van der Waals surface area contributed by atoms with Crippen molar-refractivity contribution in [3.05, 3.63) is 10.1 Å². The molecule has 0 spiro atoms. The molecule has 0 bridgehead atoms. The smallest absolute Gasteiger partial charge is 0.251 e. The minimum absolute atomic E-state index is 0.116. The van der Waals surface area contributed by atoms with Crippen LogP contribution in [0.1, 0.15) is 12.8 Å². The highest BCUT2D eigenvalue weighted by Gasteiger charge is 2.10. The zero-order valence-electron chi connectivity index (χ0n) is 8.56. The van der Waals surface area contributed by atoms with E-state index >= 15 is 0 Å². The molecule has 0 fully saturated rings. The van der Waals surface area contributed by atoms with Crippen LogP contribution in [0.15, 0.2) is 4.99 Å². The molecule has 16 heavy (non-hydrogen) atoms. The van der Waals surface area contributed by atoms with Crippen molar-refractivity contribution >= 4 is 23.3 Å². The van der Waals surface area contributed by atoms with Crippen molar-refractivity contribution in [1.29, 1.82) is 0 Å². The van der Waals surface area contributed by atoms with Gasteiger partial charge in [-0.3, -0.25) is 4.79 Å². The summed E-state index contributed by atoms with van der Waals surface area (Å²) in [4.78, 5) is 24.6. The number of hydrazine groups is 1. The van der Waals surface area contributed by atoms with Gasteiger partial charge in [-0.05, 0) is 12.8 Å². The van der Waals surface area contributed by atoms with Crippen molar-refractivity contribution in [1.82, 2.24) is 5.43 Å². The highest BCUT2D eigenvalue weighted by atomic mass is 35.5. The number of alkyl halides is 1. The number of hydrogen-bond donors (Lipinski definition) is 3. The summed E-state index contributed by atoms with van der Waals surface area (Å²) in [6.07, 6.45) is 0.921. The first-order valence-corrected chi connectivity index (χ1v) is 5.06. The van der Waals surface area contributed by atoms with Gasteiger partial charge in [0, 0.05) is 6.54 Å². The number of hydrogen-bond acceptors (Lipinski definition) is 5. The summed E-state index contributed by atoms with van der Waals surface area (Å²) in [6.45, 7) is 0.260. The Morgan fingerprint density at radius 1 is 1.62 bits per heavy atom. The van der Waals surface area contributed by atoms with Gasteiger partial charge in [0.25, 0.3) is 5.96 Å². The van der Waals surface area contributed by atoms with E-state index in [1.54, 1.807) is 5.43 Å². The van der Waals surface area contributed by atoms with Crippen molar-refractivity contribution in [3.8, 4) is 0 Å². The third kappa shape index (κ3) is 6.96. The Morgan fingerprint density at radius 2 is 2.25 bits per heavy atom. The summed E-state index contributed by atoms with van der Waals surface area (Å²) >= 11 is 5.31. The van der Waals surface area contributed by atoms with Gasteiger partial charge in [0.2, 0.25) is 0 Å². The van der Waals surface area contributed by atoms with Crippen LogP contribution in [0.3, 0.4) is 0 Å². The largest absolute Gasteiger partial charge is 0.365 e. The van der Waals surface area contributed by atoms with E-state index in [2.05, 4.69) is 4.99 Å². The molecule has 0 aromatic heterocycles. The van der Waals surface area contributed by atoms with E-state index in [0.29, 0.717) is 12.8 Å². The fourth-order valence-electron chi connectivity index (χ4n) is 0.900. The second kappa shape index (κ2) is 7.83. The Labute approximate surface area is 97.1 Å². The number of nitrogens with two attached hydrogens (primary N) is 2. The van der Waals surface area contributed by atoms with Crippen LogP contribution in [0.5, 0.6) is 0 Å². The van der Waals surface area contributed by atoms with Gasteiger partial charge in [0.1, 0.15) is 0 Å². The number of rotatable bonds is 7. The van der Waals surface area contributed by atoms with Crippen LogP contribution in [0.4, 0.5) is 0 Å². The zero-order valence-corrected chi connectivity index (χ0v) is 9.31. The molecule has 0 saturated carbocycles. The number of aliphatic imine (C=N–C) groups is 1. The van der Waals surface area contributed by atoms with Gasteiger partial charge in [-0.2, -0.15) is 0 Å². The summed E-state index contributed by atoms with van der Waals surface area (Å²) < 4.78 is 0. The molecule has 1 atom stereocenters. The van der Waals surface area contributed by atoms with E-state index in [1.807, 2.05) is 0 Å². The number of carbonyl (C=O) groups excluding carboxylic acids is 1. The van der Waals surface area contributed by atoms with Crippen LogP contribution in [-0.2, 0) is 4.79 Å². The topological polar surface area (TPSA) is 137 Å². The lowest BCUT2D eigenvalue weighted by Gasteiger charge is -2.06. The monoisotopic (exact) mass is 251 g/mol. The van der Waals surface area contributed by atoms with Crippen molar-refractivity contribution in [2.75, 3.05) is 12.4 Å². The number of Topliss-reactive ketones (excluding diaryl/α,β-unsaturated/α-hetero) is 1. The van der Waals surface area contributed by atoms with Crippen LogP contribution in [0.25, 0.3) is 0 Å². The quantitative estimate of drug-likeness (QED) is 0.133. The molecule has 0 unspecified atom stereocenters. The molecular weight excluding hydrogens is 238 g/mol. The predicted octanol–water partition coefficient (Wildman–Crippen LogP) is -1.00. The van der Waals surface area contributed by atoms with E-state index in [9.17, 15) is 14.9 Å². The maximum absolute atomic E-state index is 11.0. The molecule has 0 amide bonds. The van der Waals surface area contributed by atoms with Crippen molar-refractivity contribution in [2.24, 2.45) is 16.5 Å². The summed E-state index contributed by atoms with van der Waals surface area (Å²) in [5.74, 6) is -0.626. The molecule has 0 rings (SSSR count). The standard InChI is InChI=1S/C7H14ClN5O3/c8-4-6(14)5(9)2-1-3-11-7(10)12-13(15)16/h5H,1-4,9H2,(H3,10,11,12)/t5-/m0/s1. The molecule has 92 valence electrons. The molecule has 0 aliphatic rings. The van der Waals surface area contributed by atoms with Crippen molar-refractivity contribution in [2.45, 2.75) is 18.9 Å². The molecule has 0 radical (unpaired) electrons. The van der Waals surface area contributed by atoms with Gasteiger partial charge in [-0.15, -0.1) is 11.6 Å². The molecule has 0 aliphatic heterocycles. The van der Waals surface area contributed by atoms with Crippen LogP contribution >= 0.6 is 11.6 Å². The number of nitrogens with one attached hydrogen (secondary N) is 1. The highest BCUT2D eigenvalue weighted by Crippen LogP contribution is 1.97. The molecule has 0 aromatic rings. The number of nitrogens with zero attached hydrogens (tertiary/aromatic N) is 2. The van der Waals surface area contributed by atoms with E-state index < -0.39 is 11.1 Å². The molecule has 8 nitrogen and oxygen atoms in total. The van der Waals surface area contributed by atoms with Gasteiger partial charge in [0.05, 0.1) is 11.9 Å². The maximum Gasteiger partial charge on any atom is 0.251 e. The molecule has 0 aliphatic carbocycles. The number of nitro groups is 1. The van der Waals surface area contributed by atoms with Gasteiger partial charge >= 0.3 is 0 Å². The lowest BCUT2D eigenvalue weighted by Crippen LogP contribution is -2.36. The molecule has 0 aromatic carbocycles. The third-order valence-corrected chi connectivity index (χ3v) is 1.97. The number of carbonyl (C=O) groups is 1. The molecule has 0 heterocycles. The van der Waals surface area contributed by atoms with Gasteiger partial charge in [0.15, 0.2) is 10.8 Å². The fraction of sp³-hybridized carbons (Fsp3) is 0.714. The van der Waals surface area contributed by atoms with Crippen molar-refractivity contribution < 1.29 is 9.83 Å². The Morgan fingerprint density at radius 3 is 2.75 bits per heavy atom. The van der Waals surface area contributed by atoms with Crippen LogP contribution in [-0.4, -0.2) is 35.2 Å². The van der Waals surface area contributed by atoms with Gasteiger partial charge in [-0.25, -0.2) is 15.1 Å². The maximum atomic E-state index is 11.0. The Bertz CT molecular complexity index is 283. The van der Waals surface area contributed by atoms with E-state index in [4.69, 9.17) is 23.1 Å².